The number of benzene rings is 2. The molecule has 0 unspecified atom stereocenters. The third kappa shape index (κ3) is 5.29. The van der Waals surface area contributed by atoms with Crippen LogP contribution in [-0.2, 0) is 0 Å². The maximum Gasteiger partial charge on any atom is 0.156 e. The second kappa shape index (κ2) is 8.18. The topological polar surface area (TPSA) is 29.5 Å². The van der Waals surface area contributed by atoms with Gasteiger partial charge in [-0.1, -0.05) is 39.1 Å². The molecular weight excluding hydrogens is 395 g/mol. The van der Waals surface area contributed by atoms with Crippen LogP contribution >= 0.6 is 50.9 Å². The van der Waals surface area contributed by atoms with Gasteiger partial charge in [0.1, 0.15) is 5.75 Å². The fourth-order valence-electron chi connectivity index (χ4n) is 1.64. The summed E-state index contributed by atoms with van der Waals surface area (Å²) < 4.78 is 6.66. The second-order valence-electron chi connectivity index (χ2n) is 4.24. The molecule has 0 aliphatic heterocycles. The van der Waals surface area contributed by atoms with Crippen LogP contribution < -0.4 is 4.74 Å². The largest absolute Gasteiger partial charge is 0.508 e. The molecule has 2 nitrogen and oxygen atoms in total. The van der Waals surface area contributed by atoms with Crippen molar-refractivity contribution in [2.75, 3.05) is 12.4 Å². The minimum absolute atomic E-state index is 0.0307. The molecule has 112 valence electrons. The van der Waals surface area contributed by atoms with Gasteiger partial charge in [-0.15, -0.1) is 11.8 Å². The van der Waals surface area contributed by atoms with Crippen molar-refractivity contribution in [2.24, 2.45) is 0 Å². The molecule has 6 heteroatoms. The summed E-state index contributed by atoms with van der Waals surface area (Å²) >= 11 is 17.1. The van der Waals surface area contributed by atoms with Gasteiger partial charge in [-0.05, 0) is 30.7 Å². The molecule has 0 saturated heterocycles. The molecule has 0 aliphatic rings. The van der Waals surface area contributed by atoms with E-state index < -0.39 is 0 Å². The maximum atomic E-state index is 9.34. The van der Waals surface area contributed by atoms with Gasteiger partial charge < -0.3 is 9.84 Å². The predicted molar refractivity (Wildman–Crippen MR) is 93.1 cm³/mol. The first-order valence-corrected chi connectivity index (χ1v) is 8.79. The highest BCUT2D eigenvalue weighted by Crippen LogP contribution is 2.36. The van der Waals surface area contributed by atoms with E-state index in [0.717, 1.165) is 16.6 Å². The van der Waals surface area contributed by atoms with E-state index >= 15 is 0 Å². The number of phenolic OH excluding ortho intramolecular Hbond substituents is 1. The summed E-state index contributed by atoms with van der Waals surface area (Å²) in [6.07, 6.45) is 0.869. The lowest BCUT2D eigenvalue weighted by molar-refractivity contribution is 0.318. The number of rotatable bonds is 6. The molecule has 0 radical (unpaired) electrons. The lowest BCUT2D eigenvalue weighted by Crippen LogP contribution is -1.99. The maximum absolute atomic E-state index is 9.34. The van der Waals surface area contributed by atoms with Crippen molar-refractivity contribution in [3.05, 3.63) is 50.9 Å². The number of phenols is 1. The van der Waals surface area contributed by atoms with Gasteiger partial charge in [0.2, 0.25) is 0 Å². The molecule has 0 fully saturated rings. The van der Waals surface area contributed by atoms with E-state index in [-0.39, 0.29) is 5.75 Å². The summed E-state index contributed by atoms with van der Waals surface area (Å²) in [6.45, 7) is 0.522. The van der Waals surface area contributed by atoms with Crippen molar-refractivity contribution >= 4 is 50.9 Å². The molecular formula is C15H13BrCl2O2S. The Labute approximate surface area is 146 Å². The molecule has 0 spiro atoms. The predicted octanol–water partition coefficient (Wildman–Crippen LogP) is 6.02. The van der Waals surface area contributed by atoms with E-state index in [1.54, 1.807) is 11.8 Å². The van der Waals surface area contributed by atoms with Crippen LogP contribution in [0, 0.1) is 0 Å². The smallest absolute Gasteiger partial charge is 0.156 e. The highest BCUT2D eigenvalue weighted by atomic mass is 79.9. The minimum Gasteiger partial charge on any atom is -0.508 e. The minimum atomic E-state index is 0.0307. The molecule has 0 heterocycles. The average Bonchev–Trinajstić information content (AvgIpc) is 2.43. The van der Waals surface area contributed by atoms with Crippen LogP contribution in [0.15, 0.2) is 45.8 Å². The van der Waals surface area contributed by atoms with Crippen molar-refractivity contribution in [1.29, 1.82) is 0 Å². The molecule has 0 saturated carbocycles. The number of hydrogen-bond donors (Lipinski definition) is 1. The third-order valence-electron chi connectivity index (χ3n) is 2.60. The molecule has 0 amide bonds. The van der Waals surface area contributed by atoms with E-state index in [9.17, 15) is 5.11 Å². The molecule has 2 rings (SSSR count). The summed E-state index contributed by atoms with van der Waals surface area (Å²) in [4.78, 5) is 1.22. The Morgan fingerprint density at radius 1 is 1.10 bits per heavy atom. The summed E-state index contributed by atoms with van der Waals surface area (Å²) in [5.41, 5.74) is 0. The molecule has 0 bridgehead atoms. The van der Waals surface area contributed by atoms with E-state index in [4.69, 9.17) is 27.9 Å². The lowest BCUT2D eigenvalue weighted by atomic mass is 10.3. The van der Waals surface area contributed by atoms with Gasteiger partial charge in [-0.2, -0.15) is 0 Å². The van der Waals surface area contributed by atoms with E-state index in [0.29, 0.717) is 22.4 Å². The zero-order valence-corrected chi connectivity index (χ0v) is 14.9. The van der Waals surface area contributed by atoms with Crippen LogP contribution in [0.25, 0.3) is 0 Å². The highest BCUT2D eigenvalue weighted by molar-refractivity contribution is 9.10. The molecule has 2 aromatic carbocycles. The van der Waals surface area contributed by atoms with E-state index in [1.807, 2.05) is 12.1 Å². The summed E-state index contributed by atoms with van der Waals surface area (Å²) in [6, 6.07) is 11.0. The molecule has 2 aromatic rings. The number of ether oxygens (including phenoxy) is 1. The molecule has 0 aromatic heterocycles. The SMILES string of the molecule is Oc1cc(Cl)c(OCCCSc2ccc(Br)cc2)c(Cl)c1. The fraction of sp³-hybridized carbons (Fsp3) is 0.200. The van der Waals surface area contributed by atoms with Crippen LogP contribution in [-0.4, -0.2) is 17.5 Å². The molecule has 1 N–H and O–H groups in total. The van der Waals surface area contributed by atoms with E-state index in [2.05, 4.69) is 28.1 Å². The van der Waals surface area contributed by atoms with Crippen LogP contribution in [0.3, 0.4) is 0 Å². The zero-order chi connectivity index (χ0) is 15.2. The first kappa shape index (κ1) is 16.8. The normalized spacial score (nSPS) is 10.6. The van der Waals surface area contributed by atoms with Crippen LogP contribution in [0.4, 0.5) is 0 Å². The quantitative estimate of drug-likeness (QED) is 0.468. The standard InChI is InChI=1S/C15H13BrCl2O2S/c16-10-2-4-12(5-3-10)21-7-1-6-20-15-13(17)8-11(19)9-14(15)18/h2-5,8-9,19H,1,6-7H2. The summed E-state index contributed by atoms with van der Waals surface area (Å²) in [5.74, 6) is 1.39. The van der Waals surface area contributed by atoms with Crippen molar-refractivity contribution in [2.45, 2.75) is 11.3 Å². The van der Waals surface area contributed by atoms with Gasteiger partial charge in [0, 0.05) is 27.3 Å². The van der Waals surface area contributed by atoms with Crippen LogP contribution in [0.5, 0.6) is 11.5 Å². The number of thioether (sulfide) groups is 1. The van der Waals surface area contributed by atoms with Gasteiger partial charge in [0.05, 0.1) is 16.7 Å². The van der Waals surface area contributed by atoms with Crippen molar-refractivity contribution in [3.8, 4) is 11.5 Å². The Hall–Kier alpha value is -0.550. The first-order chi connectivity index (χ1) is 10.1. The Morgan fingerprint density at radius 2 is 1.71 bits per heavy atom. The number of hydrogen-bond acceptors (Lipinski definition) is 3. The lowest BCUT2D eigenvalue weighted by Gasteiger charge is -2.10. The Bertz CT molecular complexity index is 582. The molecule has 0 aliphatic carbocycles. The number of aromatic hydroxyl groups is 1. The Morgan fingerprint density at radius 3 is 2.33 bits per heavy atom. The van der Waals surface area contributed by atoms with Crippen LogP contribution in [0.1, 0.15) is 6.42 Å². The molecule has 0 atom stereocenters. The summed E-state index contributed by atoms with van der Waals surface area (Å²) in [5, 5.41) is 9.98. The highest BCUT2D eigenvalue weighted by Gasteiger charge is 2.09. The van der Waals surface area contributed by atoms with Crippen LogP contribution in [0.2, 0.25) is 10.0 Å². The fourth-order valence-corrected chi connectivity index (χ4v) is 3.31. The zero-order valence-electron chi connectivity index (χ0n) is 11.0. The first-order valence-electron chi connectivity index (χ1n) is 6.25. The average molecular weight is 408 g/mol. The Kier molecular flexibility index (Phi) is 6.55. The number of halogens is 3. The Balaban J connectivity index is 1.76. The second-order valence-corrected chi connectivity index (χ2v) is 7.14. The van der Waals surface area contributed by atoms with Crippen molar-refractivity contribution in [1.82, 2.24) is 0 Å². The van der Waals surface area contributed by atoms with E-state index in [1.165, 1.54) is 17.0 Å². The van der Waals surface area contributed by atoms with Gasteiger partial charge in [0.15, 0.2) is 5.75 Å². The van der Waals surface area contributed by atoms with Gasteiger partial charge in [-0.3, -0.25) is 0 Å². The van der Waals surface area contributed by atoms with Gasteiger partial charge >= 0.3 is 0 Å². The monoisotopic (exact) mass is 406 g/mol. The summed E-state index contributed by atoms with van der Waals surface area (Å²) in [7, 11) is 0. The van der Waals surface area contributed by atoms with Crippen molar-refractivity contribution in [3.63, 3.8) is 0 Å². The molecule has 21 heavy (non-hydrogen) atoms. The van der Waals surface area contributed by atoms with Gasteiger partial charge in [0.25, 0.3) is 0 Å². The van der Waals surface area contributed by atoms with Crippen molar-refractivity contribution < 1.29 is 9.84 Å². The van der Waals surface area contributed by atoms with Gasteiger partial charge in [-0.25, -0.2) is 0 Å². The third-order valence-corrected chi connectivity index (χ3v) is 4.79.